The number of hydrogen-bond acceptors (Lipinski definition) is 2. The van der Waals surface area contributed by atoms with Gasteiger partial charge in [0.1, 0.15) is 0 Å². The summed E-state index contributed by atoms with van der Waals surface area (Å²) >= 11 is 5.93. The molecule has 0 radical (unpaired) electrons. The fourth-order valence-electron chi connectivity index (χ4n) is 3.08. The lowest BCUT2D eigenvalue weighted by Crippen LogP contribution is -2.35. The largest absolute Gasteiger partial charge is 0.333 e. The number of imidazole rings is 1. The number of aryl methyl sites for hydroxylation is 2. The molecule has 0 aliphatic carbocycles. The number of nitrogens with one attached hydrogen (secondary N) is 1. The monoisotopic (exact) mass is 303 g/mol. The molecule has 1 N–H and O–H groups in total. The van der Waals surface area contributed by atoms with E-state index in [0.29, 0.717) is 12.1 Å². The highest BCUT2D eigenvalue weighted by atomic mass is 35.5. The minimum atomic E-state index is 0.446. The Labute approximate surface area is 131 Å². The van der Waals surface area contributed by atoms with Crippen molar-refractivity contribution in [1.82, 2.24) is 14.9 Å². The van der Waals surface area contributed by atoms with Crippen molar-refractivity contribution >= 4 is 11.6 Å². The molecule has 1 saturated heterocycles. The molecule has 2 heterocycles. The third-order valence-corrected chi connectivity index (χ3v) is 4.52. The topological polar surface area (TPSA) is 29.9 Å². The van der Waals surface area contributed by atoms with Gasteiger partial charge in [-0.3, -0.25) is 0 Å². The van der Waals surface area contributed by atoms with Gasteiger partial charge in [-0.05, 0) is 50.3 Å². The Hall–Kier alpha value is -1.32. The molecule has 112 valence electrons. The summed E-state index contributed by atoms with van der Waals surface area (Å²) in [7, 11) is 0. The van der Waals surface area contributed by atoms with Crippen LogP contribution in [0.25, 0.3) is 0 Å². The first-order valence-electron chi connectivity index (χ1n) is 7.73. The predicted octanol–water partition coefficient (Wildman–Crippen LogP) is 3.98. The van der Waals surface area contributed by atoms with E-state index in [-0.39, 0.29) is 0 Å². The highest BCUT2D eigenvalue weighted by molar-refractivity contribution is 6.30. The third kappa shape index (κ3) is 3.66. The Morgan fingerprint density at radius 2 is 2.10 bits per heavy atom. The van der Waals surface area contributed by atoms with E-state index in [0.717, 1.165) is 18.0 Å². The van der Waals surface area contributed by atoms with Crippen molar-refractivity contribution in [3.05, 3.63) is 53.1 Å². The Kier molecular flexibility index (Phi) is 4.61. The number of piperidine rings is 1. The van der Waals surface area contributed by atoms with Gasteiger partial charge in [0.2, 0.25) is 0 Å². The summed E-state index contributed by atoms with van der Waals surface area (Å²) in [4.78, 5) is 4.35. The lowest BCUT2D eigenvalue weighted by molar-refractivity contribution is 0.329. The molecule has 3 rings (SSSR count). The number of aromatic nitrogens is 2. The summed E-state index contributed by atoms with van der Waals surface area (Å²) in [5.74, 6) is 0. The van der Waals surface area contributed by atoms with Crippen LogP contribution in [0.4, 0.5) is 0 Å². The average molecular weight is 304 g/mol. The van der Waals surface area contributed by atoms with Gasteiger partial charge in [-0.2, -0.15) is 0 Å². The number of nitrogens with zero attached hydrogens (tertiary/aromatic N) is 2. The molecule has 2 aromatic rings. The van der Waals surface area contributed by atoms with Gasteiger partial charge in [0.25, 0.3) is 0 Å². The Morgan fingerprint density at radius 1 is 1.29 bits per heavy atom. The minimum Gasteiger partial charge on any atom is -0.333 e. The summed E-state index contributed by atoms with van der Waals surface area (Å²) in [6.07, 6.45) is 8.74. The Balaban J connectivity index is 1.66. The van der Waals surface area contributed by atoms with Gasteiger partial charge in [0.05, 0.1) is 12.0 Å². The van der Waals surface area contributed by atoms with Crippen molar-refractivity contribution < 1.29 is 0 Å². The van der Waals surface area contributed by atoms with Crippen LogP contribution in [-0.2, 0) is 13.0 Å². The van der Waals surface area contributed by atoms with Gasteiger partial charge in [0, 0.05) is 29.8 Å². The summed E-state index contributed by atoms with van der Waals surface area (Å²) < 4.78 is 2.28. The van der Waals surface area contributed by atoms with Crippen molar-refractivity contribution in [3.63, 3.8) is 0 Å². The number of halogens is 1. The first-order valence-corrected chi connectivity index (χ1v) is 8.10. The molecule has 3 nitrogen and oxygen atoms in total. The lowest BCUT2D eigenvalue weighted by Gasteiger charge is -2.29. The molecular weight excluding hydrogens is 282 g/mol. The minimum absolute atomic E-state index is 0.446. The van der Waals surface area contributed by atoms with Gasteiger partial charge in [-0.1, -0.05) is 23.7 Å². The normalized spacial score (nSPS) is 22.4. The van der Waals surface area contributed by atoms with Crippen LogP contribution in [-0.4, -0.2) is 15.6 Å². The first kappa shape index (κ1) is 14.6. The molecule has 2 unspecified atom stereocenters. The second kappa shape index (κ2) is 6.63. The molecule has 1 fully saturated rings. The fraction of sp³-hybridized carbons (Fsp3) is 0.471. The van der Waals surface area contributed by atoms with Crippen molar-refractivity contribution in [1.29, 1.82) is 0 Å². The second-order valence-corrected chi connectivity index (χ2v) is 6.38. The van der Waals surface area contributed by atoms with E-state index in [1.165, 1.54) is 30.5 Å². The molecule has 1 aromatic carbocycles. The molecule has 2 atom stereocenters. The van der Waals surface area contributed by atoms with E-state index < -0.39 is 0 Å². The number of rotatable bonds is 4. The summed E-state index contributed by atoms with van der Waals surface area (Å²) in [5.41, 5.74) is 2.62. The molecule has 1 aromatic heterocycles. The zero-order chi connectivity index (χ0) is 14.7. The maximum Gasteiger partial charge on any atom is 0.0948 e. The van der Waals surface area contributed by atoms with Crippen LogP contribution >= 0.6 is 11.6 Å². The third-order valence-electron chi connectivity index (χ3n) is 4.27. The molecule has 21 heavy (non-hydrogen) atoms. The Bertz CT molecular complexity index is 576. The molecule has 1 aliphatic heterocycles. The first-order chi connectivity index (χ1) is 10.2. The number of benzene rings is 1. The highest BCUT2D eigenvalue weighted by Crippen LogP contribution is 2.25. The fourth-order valence-corrected chi connectivity index (χ4v) is 3.21. The molecule has 0 bridgehead atoms. The van der Waals surface area contributed by atoms with E-state index in [1.807, 2.05) is 24.7 Å². The van der Waals surface area contributed by atoms with E-state index in [1.54, 1.807) is 0 Å². The smallest absolute Gasteiger partial charge is 0.0948 e. The Morgan fingerprint density at radius 3 is 2.86 bits per heavy atom. The predicted molar refractivity (Wildman–Crippen MR) is 86.6 cm³/mol. The molecule has 4 heteroatoms. The summed E-state index contributed by atoms with van der Waals surface area (Å²) in [6.45, 7) is 3.23. The maximum atomic E-state index is 5.93. The van der Waals surface area contributed by atoms with Gasteiger partial charge < -0.3 is 9.88 Å². The average Bonchev–Trinajstić information content (AvgIpc) is 2.95. The second-order valence-electron chi connectivity index (χ2n) is 5.94. The SMILES string of the molecule is CC1CCCC(c2cncn2CCc2ccc(Cl)cc2)N1. The van der Waals surface area contributed by atoms with E-state index >= 15 is 0 Å². The van der Waals surface area contributed by atoms with Gasteiger partial charge in [-0.25, -0.2) is 4.98 Å². The molecule has 0 amide bonds. The quantitative estimate of drug-likeness (QED) is 0.926. The van der Waals surface area contributed by atoms with Crippen LogP contribution in [0.2, 0.25) is 5.02 Å². The summed E-state index contributed by atoms with van der Waals surface area (Å²) in [6, 6.07) is 9.15. The van der Waals surface area contributed by atoms with Crippen LogP contribution in [0.1, 0.15) is 43.5 Å². The van der Waals surface area contributed by atoms with Gasteiger partial charge in [-0.15, -0.1) is 0 Å². The van der Waals surface area contributed by atoms with Gasteiger partial charge in [0.15, 0.2) is 0 Å². The molecule has 0 spiro atoms. The zero-order valence-corrected chi connectivity index (χ0v) is 13.2. The zero-order valence-electron chi connectivity index (χ0n) is 12.4. The summed E-state index contributed by atoms with van der Waals surface area (Å²) in [5, 5.41) is 4.48. The van der Waals surface area contributed by atoms with Crippen molar-refractivity contribution in [2.24, 2.45) is 0 Å². The van der Waals surface area contributed by atoms with Crippen molar-refractivity contribution in [2.45, 2.75) is 51.2 Å². The van der Waals surface area contributed by atoms with Crippen LogP contribution in [0, 0.1) is 0 Å². The van der Waals surface area contributed by atoms with Crippen molar-refractivity contribution in [3.8, 4) is 0 Å². The standard InChI is InChI=1S/C17H22ClN3/c1-13-3-2-4-16(20-13)17-11-19-12-21(17)10-9-14-5-7-15(18)8-6-14/h5-8,11-13,16,20H,2-4,9-10H2,1H3. The lowest BCUT2D eigenvalue weighted by atomic mass is 9.97. The molecule has 0 saturated carbocycles. The van der Waals surface area contributed by atoms with Crippen LogP contribution in [0.15, 0.2) is 36.8 Å². The number of hydrogen-bond donors (Lipinski definition) is 1. The van der Waals surface area contributed by atoms with Crippen LogP contribution in [0.3, 0.4) is 0 Å². The van der Waals surface area contributed by atoms with Gasteiger partial charge >= 0.3 is 0 Å². The van der Waals surface area contributed by atoms with Crippen molar-refractivity contribution in [2.75, 3.05) is 0 Å². The van der Waals surface area contributed by atoms with E-state index in [9.17, 15) is 0 Å². The van der Waals surface area contributed by atoms with Crippen LogP contribution < -0.4 is 5.32 Å². The maximum absolute atomic E-state index is 5.93. The molecular formula is C17H22ClN3. The van der Waals surface area contributed by atoms with Crippen LogP contribution in [0.5, 0.6) is 0 Å². The highest BCUT2D eigenvalue weighted by Gasteiger charge is 2.21. The van der Waals surface area contributed by atoms with E-state index in [2.05, 4.69) is 33.9 Å². The molecule has 1 aliphatic rings. The van der Waals surface area contributed by atoms with E-state index in [4.69, 9.17) is 11.6 Å².